The van der Waals surface area contributed by atoms with Crippen molar-refractivity contribution >= 4 is 43.2 Å². The van der Waals surface area contributed by atoms with Gasteiger partial charge in [0.15, 0.2) is 0 Å². The predicted octanol–water partition coefficient (Wildman–Crippen LogP) is 4.35. The minimum absolute atomic E-state index is 0.00331. The van der Waals surface area contributed by atoms with Crippen LogP contribution in [0.15, 0.2) is 45.8 Å². The van der Waals surface area contributed by atoms with Gasteiger partial charge in [0, 0.05) is 4.47 Å². The number of halogens is 3. The Bertz CT molecular complexity index is 745. The van der Waals surface area contributed by atoms with Crippen LogP contribution in [0.1, 0.15) is 5.56 Å². The molecule has 0 aliphatic rings. The SMILES string of the molecule is Cc1cccc(F)c1NS(=O)(=O)c1ccc(Cl)c(Br)c1. The van der Waals surface area contributed by atoms with Crippen LogP contribution in [-0.2, 0) is 10.0 Å². The normalized spacial score (nSPS) is 11.4. The second-order valence-corrected chi connectivity index (χ2v) is 7.06. The Morgan fingerprint density at radius 2 is 1.95 bits per heavy atom. The first-order chi connectivity index (χ1) is 9.31. The van der Waals surface area contributed by atoms with Crippen molar-refractivity contribution in [1.29, 1.82) is 0 Å². The molecule has 1 N–H and O–H groups in total. The number of sulfonamides is 1. The van der Waals surface area contributed by atoms with E-state index in [1.165, 1.54) is 30.3 Å². The Balaban J connectivity index is 2.43. The maximum absolute atomic E-state index is 13.7. The lowest BCUT2D eigenvalue weighted by molar-refractivity contribution is 0.598. The van der Waals surface area contributed by atoms with Crippen LogP contribution in [0, 0.1) is 12.7 Å². The summed E-state index contributed by atoms with van der Waals surface area (Å²) in [5.41, 5.74) is 0.445. The van der Waals surface area contributed by atoms with Gasteiger partial charge in [-0.2, -0.15) is 0 Å². The smallest absolute Gasteiger partial charge is 0.262 e. The van der Waals surface area contributed by atoms with Crippen LogP contribution in [0.2, 0.25) is 5.02 Å². The van der Waals surface area contributed by atoms with Gasteiger partial charge in [-0.1, -0.05) is 23.7 Å². The molecular formula is C13H10BrClFNO2S. The van der Waals surface area contributed by atoms with Crippen LogP contribution in [0.5, 0.6) is 0 Å². The van der Waals surface area contributed by atoms with Crippen molar-refractivity contribution in [2.24, 2.45) is 0 Å². The molecule has 3 nitrogen and oxygen atoms in total. The molecule has 0 spiro atoms. The van der Waals surface area contributed by atoms with E-state index in [9.17, 15) is 12.8 Å². The third-order valence-electron chi connectivity index (χ3n) is 2.66. The van der Waals surface area contributed by atoms with Crippen LogP contribution in [0.25, 0.3) is 0 Å². The third-order valence-corrected chi connectivity index (χ3v) is 5.22. The van der Waals surface area contributed by atoms with Gasteiger partial charge in [0.05, 0.1) is 15.6 Å². The molecule has 2 rings (SSSR count). The average molecular weight is 379 g/mol. The Morgan fingerprint density at radius 1 is 1.25 bits per heavy atom. The summed E-state index contributed by atoms with van der Waals surface area (Å²) in [6, 6.07) is 8.50. The molecule has 0 saturated carbocycles. The van der Waals surface area contributed by atoms with Gasteiger partial charge in [0.2, 0.25) is 0 Å². The molecule has 0 saturated heterocycles. The van der Waals surface area contributed by atoms with E-state index in [2.05, 4.69) is 20.7 Å². The van der Waals surface area contributed by atoms with E-state index in [-0.39, 0.29) is 10.6 Å². The fraction of sp³-hybridized carbons (Fsp3) is 0.0769. The van der Waals surface area contributed by atoms with E-state index in [0.29, 0.717) is 15.1 Å². The molecule has 0 atom stereocenters. The monoisotopic (exact) mass is 377 g/mol. The van der Waals surface area contributed by atoms with Crippen LogP contribution in [0.4, 0.5) is 10.1 Å². The van der Waals surface area contributed by atoms with Crippen LogP contribution >= 0.6 is 27.5 Å². The summed E-state index contributed by atoms with van der Waals surface area (Å²) in [5, 5.41) is 0.394. The van der Waals surface area contributed by atoms with Gasteiger partial charge in [-0.3, -0.25) is 4.72 Å². The number of hydrogen-bond donors (Lipinski definition) is 1. The molecule has 0 aliphatic carbocycles. The van der Waals surface area contributed by atoms with E-state index in [0.717, 1.165) is 0 Å². The number of rotatable bonds is 3. The number of aryl methyl sites for hydroxylation is 1. The van der Waals surface area contributed by atoms with Gasteiger partial charge in [-0.05, 0) is 52.7 Å². The first-order valence-corrected chi connectivity index (χ1v) is 8.19. The van der Waals surface area contributed by atoms with E-state index in [1.54, 1.807) is 13.0 Å². The van der Waals surface area contributed by atoms with Crippen LogP contribution in [0.3, 0.4) is 0 Å². The zero-order valence-corrected chi connectivity index (χ0v) is 13.5. The van der Waals surface area contributed by atoms with Crippen LogP contribution in [-0.4, -0.2) is 8.42 Å². The quantitative estimate of drug-likeness (QED) is 0.863. The highest BCUT2D eigenvalue weighted by Crippen LogP contribution is 2.27. The van der Waals surface area contributed by atoms with Gasteiger partial charge < -0.3 is 0 Å². The molecule has 20 heavy (non-hydrogen) atoms. The minimum Gasteiger partial charge on any atom is -0.276 e. The van der Waals surface area contributed by atoms with Gasteiger partial charge in [-0.25, -0.2) is 12.8 Å². The molecular weight excluding hydrogens is 369 g/mol. The Hall–Kier alpha value is -1.11. The zero-order chi connectivity index (χ0) is 14.9. The maximum atomic E-state index is 13.7. The first kappa shape index (κ1) is 15.3. The summed E-state index contributed by atoms with van der Waals surface area (Å²) >= 11 is 8.97. The fourth-order valence-corrected chi connectivity index (χ4v) is 3.41. The summed E-state index contributed by atoms with van der Waals surface area (Å²) in [6.07, 6.45) is 0. The first-order valence-electron chi connectivity index (χ1n) is 5.54. The van der Waals surface area contributed by atoms with Gasteiger partial charge in [0.1, 0.15) is 5.82 Å². The van der Waals surface area contributed by atoms with Crippen molar-refractivity contribution in [3.8, 4) is 0 Å². The van der Waals surface area contributed by atoms with Gasteiger partial charge >= 0.3 is 0 Å². The lowest BCUT2D eigenvalue weighted by atomic mass is 10.2. The standard InChI is InChI=1S/C13H10BrClFNO2S/c1-8-3-2-4-12(16)13(8)17-20(18,19)9-5-6-11(15)10(14)7-9/h2-7,17H,1H3. The Kier molecular flexibility index (Phi) is 4.36. The molecule has 2 aromatic carbocycles. The number of benzene rings is 2. The number of hydrogen-bond acceptors (Lipinski definition) is 2. The van der Waals surface area contributed by atoms with Crippen LogP contribution < -0.4 is 4.72 Å². The summed E-state index contributed by atoms with van der Waals surface area (Å²) in [4.78, 5) is -0.00331. The molecule has 0 amide bonds. The second-order valence-electron chi connectivity index (χ2n) is 4.11. The van der Waals surface area contributed by atoms with Crippen molar-refractivity contribution in [2.45, 2.75) is 11.8 Å². The molecule has 0 aromatic heterocycles. The average Bonchev–Trinajstić information content (AvgIpc) is 2.37. The summed E-state index contributed by atoms with van der Waals surface area (Å²) in [6.45, 7) is 1.62. The number of nitrogens with one attached hydrogen (secondary N) is 1. The zero-order valence-electron chi connectivity index (χ0n) is 10.3. The maximum Gasteiger partial charge on any atom is 0.262 e. The Labute approximate surface area is 130 Å². The molecule has 0 radical (unpaired) electrons. The largest absolute Gasteiger partial charge is 0.276 e. The fourth-order valence-electron chi connectivity index (χ4n) is 1.60. The molecule has 0 unspecified atom stereocenters. The third kappa shape index (κ3) is 3.13. The lowest BCUT2D eigenvalue weighted by Crippen LogP contribution is -2.15. The van der Waals surface area contributed by atoms with E-state index in [4.69, 9.17) is 11.6 Å². The highest BCUT2D eigenvalue weighted by Gasteiger charge is 2.18. The molecule has 0 aliphatic heterocycles. The van der Waals surface area contributed by atoms with Crippen molar-refractivity contribution in [3.05, 3.63) is 57.3 Å². The van der Waals surface area contributed by atoms with E-state index in [1.807, 2.05) is 0 Å². The summed E-state index contributed by atoms with van der Waals surface area (Å²) in [7, 11) is -3.88. The summed E-state index contributed by atoms with van der Waals surface area (Å²) < 4.78 is 40.8. The minimum atomic E-state index is -3.88. The second kappa shape index (κ2) is 5.71. The Morgan fingerprint density at radius 3 is 2.55 bits per heavy atom. The molecule has 7 heteroatoms. The molecule has 0 heterocycles. The van der Waals surface area contributed by atoms with Gasteiger partial charge in [0.25, 0.3) is 10.0 Å². The van der Waals surface area contributed by atoms with Crippen molar-refractivity contribution in [1.82, 2.24) is 0 Å². The predicted molar refractivity (Wildman–Crippen MR) is 81.1 cm³/mol. The van der Waals surface area contributed by atoms with Crippen molar-refractivity contribution < 1.29 is 12.8 Å². The molecule has 106 valence electrons. The van der Waals surface area contributed by atoms with Crippen molar-refractivity contribution in [2.75, 3.05) is 4.72 Å². The topological polar surface area (TPSA) is 46.2 Å². The van der Waals surface area contributed by atoms with E-state index >= 15 is 0 Å². The van der Waals surface area contributed by atoms with Crippen molar-refractivity contribution in [3.63, 3.8) is 0 Å². The van der Waals surface area contributed by atoms with E-state index < -0.39 is 15.8 Å². The number of para-hydroxylation sites is 1. The highest BCUT2D eigenvalue weighted by atomic mass is 79.9. The highest BCUT2D eigenvalue weighted by molar-refractivity contribution is 9.10. The number of anilines is 1. The van der Waals surface area contributed by atoms with Gasteiger partial charge in [-0.15, -0.1) is 0 Å². The molecule has 0 bridgehead atoms. The molecule has 0 fully saturated rings. The molecule has 2 aromatic rings. The summed E-state index contributed by atoms with van der Waals surface area (Å²) in [5.74, 6) is -0.624. The lowest BCUT2D eigenvalue weighted by Gasteiger charge is -2.11.